The largest absolute Gasteiger partial charge is 0.310 e. The molecule has 7 aromatic rings. The van der Waals surface area contributed by atoms with Gasteiger partial charge >= 0.3 is 0 Å². The van der Waals surface area contributed by atoms with Crippen LogP contribution in [0, 0.1) is 0 Å². The number of hydrogen-bond donors (Lipinski definition) is 0. The zero-order chi connectivity index (χ0) is 31.9. The van der Waals surface area contributed by atoms with Gasteiger partial charge in [-0.1, -0.05) is 137 Å². The molecular weight excluding hydrogens is 567 g/mol. The van der Waals surface area contributed by atoms with E-state index in [4.69, 9.17) is 0 Å². The van der Waals surface area contributed by atoms with Gasteiger partial charge in [0, 0.05) is 27.6 Å². The lowest BCUT2D eigenvalue weighted by atomic mass is 9.81. The van der Waals surface area contributed by atoms with E-state index in [1.165, 1.54) is 77.8 Å². The van der Waals surface area contributed by atoms with Crippen molar-refractivity contribution in [2.45, 2.75) is 38.5 Å². The fourth-order valence-corrected chi connectivity index (χ4v) is 8.37. The maximum atomic E-state index is 2.48. The Morgan fingerprint density at radius 2 is 0.957 bits per heavy atom. The van der Waals surface area contributed by atoms with Crippen LogP contribution >= 0.6 is 0 Å². The van der Waals surface area contributed by atoms with E-state index in [1.54, 1.807) is 0 Å². The summed E-state index contributed by atoms with van der Waals surface area (Å²) in [4.78, 5) is 2.48. The fraction of sp³-hybridized carbons (Fsp3) is 0.130. The molecule has 0 saturated heterocycles. The van der Waals surface area contributed by atoms with Crippen LogP contribution in [-0.4, -0.2) is 0 Å². The Bertz CT molecular complexity index is 2360. The Kier molecular flexibility index (Phi) is 5.96. The van der Waals surface area contributed by atoms with Crippen molar-refractivity contribution in [3.05, 3.63) is 174 Å². The molecule has 1 nitrogen and oxygen atoms in total. The molecule has 0 aliphatic heterocycles. The molecule has 0 heterocycles. The Morgan fingerprint density at radius 3 is 1.70 bits per heavy atom. The number of rotatable bonds is 4. The number of nitrogens with zero attached hydrogens (tertiary/aromatic N) is 1. The molecule has 0 amide bonds. The lowest BCUT2D eigenvalue weighted by molar-refractivity contribution is 0.660. The summed E-state index contributed by atoms with van der Waals surface area (Å²) in [6.07, 6.45) is 0. The topological polar surface area (TPSA) is 3.24 Å². The minimum absolute atomic E-state index is 0.0747. The average molecular weight is 604 g/mol. The van der Waals surface area contributed by atoms with Crippen molar-refractivity contribution >= 4 is 27.8 Å². The van der Waals surface area contributed by atoms with Crippen LogP contribution in [-0.2, 0) is 10.8 Å². The van der Waals surface area contributed by atoms with E-state index < -0.39 is 0 Å². The number of benzene rings is 7. The fourth-order valence-electron chi connectivity index (χ4n) is 8.37. The summed E-state index contributed by atoms with van der Waals surface area (Å²) in [5.74, 6) is 0. The second-order valence-corrected chi connectivity index (χ2v) is 14.2. The third-order valence-electron chi connectivity index (χ3n) is 10.8. The van der Waals surface area contributed by atoms with Gasteiger partial charge in [-0.15, -0.1) is 0 Å². The predicted molar refractivity (Wildman–Crippen MR) is 199 cm³/mol. The highest BCUT2D eigenvalue weighted by molar-refractivity contribution is 6.03. The highest BCUT2D eigenvalue weighted by atomic mass is 15.1. The number of hydrogen-bond acceptors (Lipinski definition) is 1. The summed E-state index contributed by atoms with van der Waals surface area (Å²) >= 11 is 0. The van der Waals surface area contributed by atoms with Gasteiger partial charge in [-0.3, -0.25) is 0 Å². The minimum Gasteiger partial charge on any atom is -0.310 e. The third kappa shape index (κ3) is 4.09. The van der Waals surface area contributed by atoms with Gasteiger partial charge < -0.3 is 4.90 Å². The van der Waals surface area contributed by atoms with E-state index in [9.17, 15) is 0 Å². The van der Waals surface area contributed by atoms with Crippen LogP contribution in [0.25, 0.3) is 44.2 Å². The van der Waals surface area contributed by atoms with E-state index in [-0.39, 0.29) is 10.8 Å². The number of anilines is 3. The summed E-state index contributed by atoms with van der Waals surface area (Å²) in [5, 5.41) is 2.52. The Labute approximate surface area is 277 Å². The van der Waals surface area contributed by atoms with Crippen molar-refractivity contribution in [2.24, 2.45) is 0 Å². The molecule has 7 aromatic carbocycles. The highest BCUT2D eigenvalue weighted by Gasteiger charge is 2.37. The predicted octanol–water partition coefficient (Wildman–Crippen LogP) is 12.6. The molecule has 0 bridgehead atoms. The molecule has 9 rings (SSSR count). The summed E-state index contributed by atoms with van der Waals surface area (Å²) < 4.78 is 0. The van der Waals surface area contributed by atoms with Gasteiger partial charge in [0.05, 0.1) is 5.69 Å². The summed E-state index contributed by atoms with van der Waals surface area (Å²) in [5.41, 5.74) is 16.7. The molecule has 0 spiro atoms. The van der Waals surface area contributed by atoms with Crippen LogP contribution < -0.4 is 4.90 Å². The molecular formula is C46H37N. The minimum atomic E-state index is -0.0884. The quantitative estimate of drug-likeness (QED) is 0.193. The molecule has 0 fully saturated rings. The SMILES string of the molecule is CC1(C)c2ccccc2-c2ccc(N(c3cccc(-c4ccccc4)c3)c3cccc4cc5c(cc34)C(C)(C)c3ccccc3-5)cc21. The average Bonchev–Trinajstić information content (AvgIpc) is 3.47. The zero-order valence-electron chi connectivity index (χ0n) is 27.4. The van der Waals surface area contributed by atoms with Gasteiger partial charge in [-0.25, -0.2) is 0 Å². The first-order valence-corrected chi connectivity index (χ1v) is 16.7. The standard InChI is InChI=1S/C46H37N/c1-45(2)40-21-10-8-19-35(40)37-25-24-34(28-42(37)45)47(33-18-12-16-31(26-33)30-14-6-5-7-15-30)44-23-13-17-32-27-39-36-20-9-11-22-41(36)46(3,4)43(39)29-38(32)44/h5-29H,1-4H3. The van der Waals surface area contributed by atoms with Crippen LogP contribution in [0.5, 0.6) is 0 Å². The molecule has 0 atom stereocenters. The molecule has 226 valence electrons. The lowest BCUT2D eigenvalue weighted by Crippen LogP contribution is -2.17. The van der Waals surface area contributed by atoms with Gasteiger partial charge in [0.2, 0.25) is 0 Å². The molecule has 0 radical (unpaired) electrons. The van der Waals surface area contributed by atoms with Gasteiger partial charge in [0.25, 0.3) is 0 Å². The first-order valence-electron chi connectivity index (χ1n) is 16.7. The van der Waals surface area contributed by atoms with E-state index in [0.29, 0.717) is 0 Å². The maximum absolute atomic E-state index is 2.48. The van der Waals surface area contributed by atoms with E-state index >= 15 is 0 Å². The van der Waals surface area contributed by atoms with Gasteiger partial charge in [0.15, 0.2) is 0 Å². The van der Waals surface area contributed by atoms with Gasteiger partial charge in [0.1, 0.15) is 0 Å². The van der Waals surface area contributed by atoms with Crippen LogP contribution in [0.15, 0.2) is 152 Å². The van der Waals surface area contributed by atoms with Crippen molar-refractivity contribution in [1.82, 2.24) is 0 Å². The zero-order valence-corrected chi connectivity index (χ0v) is 27.4. The van der Waals surface area contributed by atoms with Crippen LogP contribution in [0.2, 0.25) is 0 Å². The first kappa shape index (κ1) is 27.9. The summed E-state index contributed by atoms with van der Waals surface area (Å²) in [6, 6.07) is 56.3. The molecule has 2 aliphatic rings. The lowest BCUT2D eigenvalue weighted by Gasteiger charge is -2.30. The third-order valence-corrected chi connectivity index (χ3v) is 10.8. The highest BCUT2D eigenvalue weighted by Crippen LogP contribution is 2.53. The summed E-state index contributed by atoms with van der Waals surface area (Å²) in [7, 11) is 0. The van der Waals surface area contributed by atoms with E-state index in [2.05, 4.69) is 184 Å². The normalized spacial score (nSPS) is 14.7. The summed E-state index contributed by atoms with van der Waals surface area (Å²) in [6.45, 7) is 9.46. The van der Waals surface area contributed by atoms with Crippen molar-refractivity contribution in [3.8, 4) is 33.4 Å². The monoisotopic (exact) mass is 603 g/mol. The van der Waals surface area contributed by atoms with Gasteiger partial charge in [-0.05, 0) is 103 Å². The molecule has 47 heavy (non-hydrogen) atoms. The molecule has 0 N–H and O–H groups in total. The number of fused-ring (bicyclic) bond motifs is 7. The molecule has 0 aromatic heterocycles. The molecule has 1 heteroatoms. The van der Waals surface area contributed by atoms with Crippen molar-refractivity contribution < 1.29 is 0 Å². The second-order valence-electron chi connectivity index (χ2n) is 14.2. The molecule has 0 saturated carbocycles. The van der Waals surface area contributed by atoms with Crippen molar-refractivity contribution in [1.29, 1.82) is 0 Å². The Hall–Kier alpha value is -5.40. The van der Waals surface area contributed by atoms with E-state index in [1.807, 2.05) is 0 Å². The second kappa shape index (κ2) is 10.0. The van der Waals surface area contributed by atoms with E-state index in [0.717, 1.165) is 5.69 Å². The van der Waals surface area contributed by atoms with Crippen LogP contribution in [0.3, 0.4) is 0 Å². The van der Waals surface area contributed by atoms with Crippen molar-refractivity contribution in [2.75, 3.05) is 4.90 Å². The first-order chi connectivity index (χ1) is 22.8. The molecule has 0 unspecified atom stereocenters. The molecule has 2 aliphatic carbocycles. The van der Waals surface area contributed by atoms with Crippen molar-refractivity contribution in [3.63, 3.8) is 0 Å². The van der Waals surface area contributed by atoms with Crippen LogP contribution in [0.1, 0.15) is 49.9 Å². The van der Waals surface area contributed by atoms with Gasteiger partial charge in [-0.2, -0.15) is 0 Å². The maximum Gasteiger partial charge on any atom is 0.0540 e. The Balaban J connectivity index is 1.29. The van der Waals surface area contributed by atoms with Crippen LogP contribution in [0.4, 0.5) is 17.1 Å². The smallest absolute Gasteiger partial charge is 0.0540 e. The Morgan fingerprint density at radius 1 is 0.383 bits per heavy atom.